The summed E-state index contributed by atoms with van der Waals surface area (Å²) in [5.74, 6) is -0.995. The van der Waals surface area contributed by atoms with Crippen LogP contribution < -0.4 is 10.2 Å². The molecule has 1 aromatic heterocycles. The fourth-order valence-corrected chi connectivity index (χ4v) is 6.31. The number of amides is 2. The molecule has 5 rings (SSSR count). The molecule has 2 saturated heterocycles. The molecule has 2 aliphatic heterocycles. The van der Waals surface area contributed by atoms with Gasteiger partial charge in [0, 0.05) is 32.4 Å². The van der Waals surface area contributed by atoms with Crippen LogP contribution in [-0.4, -0.2) is 66.8 Å². The number of nitrogens with one attached hydrogen (secondary N) is 1. The smallest absolute Gasteiger partial charge is 0.256 e. The van der Waals surface area contributed by atoms with Gasteiger partial charge in [0.2, 0.25) is 5.91 Å². The van der Waals surface area contributed by atoms with Crippen molar-refractivity contribution in [3.05, 3.63) is 78.2 Å². The predicted octanol–water partition coefficient (Wildman–Crippen LogP) is 2.58. The third kappa shape index (κ3) is 4.96. The Balaban J connectivity index is 1.31. The van der Waals surface area contributed by atoms with E-state index in [-0.39, 0.29) is 48.2 Å². The third-order valence-electron chi connectivity index (χ3n) is 6.83. The second-order valence-electron chi connectivity index (χ2n) is 9.12. The van der Waals surface area contributed by atoms with Gasteiger partial charge in [0.1, 0.15) is 5.82 Å². The Labute approximate surface area is 214 Å². The van der Waals surface area contributed by atoms with Crippen LogP contribution in [0, 0.1) is 11.7 Å². The first-order valence-electron chi connectivity index (χ1n) is 12.1. The lowest BCUT2D eigenvalue weighted by atomic mass is 10.0. The summed E-state index contributed by atoms with van der Waals surface area (Å²) < 4.78 is 40.7. The van der Waals surface area contributed by atoms with Gasteiger partial charge in [-0.25, -0.2) is 12.8 Å². The molecule has 2 amide bonds. The van der Waals surface area contributed by atoms with Gasteiger partial charge in [-0.3, -0.25) is 14.5 Å². The predicted molar refractivity (Wildman–Crippen MR) is 134 cm³/mol. The molecule has 0 radical (unpaired) electrons. The Kier molecular flexibility index (Phi) is 6.98. The second-order valence-corrected chi connectivity index (χ2v) is 11.3. The number of nitrogens with zero attached hydrogens (tertiary/aromatic N) is 4. The number of carbonyl (C=O) groups excluding carboxylic acids is 2. The van der Waals surface area contributed by atoms with E-state index in [9.17, 15) is 22.4 Å². The van der Waals surface area contributed by atoms with Crippen molar-refractivity contribution in [2.45, 2.75) is 23.0 Å². The van der Waals surface area contributed by atoms with Crippen LogP contribution in [-0.2, 0) is 14.6 Å². The maximum atomic E-state index is 14.0. The normalized spacial score (nSPS) is 16.7. The highest BCUT2D eigenvalue weighted by molar-refractivity contribution is 7.92. The standard InChI is InChI=1S/C26H26FN5O4S/c27-23-5-2-1-4-22(23)26(34)31-14-11-21(12-15-31)37(35,36)20-9-7-19(8-10-20)32(24-6-3-13-29-30-24)25(33)18-16-28-17-18/h1-10,13,18,21,28H,11-12,14-17H2. The number of halogens is 1. The average Bonchev–Trinajstić information content (AvgIpc) is 2.89. The number of anilines is 2. The zero-order chi connectivity index (χ0) is 26.0. The molecule has 3 aromatic rings. The molecule has 0 aliphatic carbocycles. The monoisotopic (exact) mass is 523 g/mol. The van der Waals surface area contributed by atoms with E-state index < -0.39 is 26.8 Å². The maximum absolute atomic E-state index is 14.0. The SMILES string of the molecule is O=C(c1ccccc1F)N1CCC(S(=O)(=O)c2ccc(N(C(=O)C3CNC3)c3cccnn3)cc2)CC1. The minimum absolute atomic E-state index is 0.0146. The topological polar surface area (TPSA) is 113 Å². The summed E-state index contributed by atoms with van der Waals surface area (Å²) in [7, 11) is -3.67. The van der Waals surface area contributed by atoms with Crippen LogP contribution in [0.3, 0.4) is 0 Å². The van der Waals surface area contributed by atoms with E-state index in [0.717, 1.165) is 0 Å². The van der Waals surface area contributed by atoms with E-state index in [1.807, 2.05) is 0 Å². The number of hydrogen-bond acceptors (Lipinski definition) is 7. The number of piperidine rings is 1. The quantitative estimate of drug-likeness (QED) is 0.529. The van der Waals surface area contributed by atoms with Crippen LogP contribution in [0.2, 0.25) is 0 Å². The second kappa shape index (κ2) is 10.3. The lowest BCUT2D eigenvalue weighted by molar-refractivity contribution is -0.123. The number of rotatable bonds is 6. The summed E-state index contributed by atoms with van der Waals surface area (Å²) >= 11 is 0. The Morgan fingerprint density at radius 2 is 1.68 bits per heavy atom. The summed E-state index contributed by atoms with van der Waals surface area (Å²) in [6.45, 7) is 1.58. The molecule has 0 bridgehead atoms. The van der Waals surface area contributed by atoms with Gasteiger partial charge >= 0.3 is 0 Å². The molecular formula is C26H26FN5O4S. The molecule has 1 N–H and O–H groups in total. The molecule has 0 unspecified atom stereocenters. The molecule has 2 aliphatic rings. The molecule has 2 fully saturated rings. The minimum atomic E-state index is -3.67. The summed E-state index contributed by atoms with van der Waals surface area (Å²) in [4.78, 5) is 28.9. The van der Waals surface area contributed by atoms with Crippen LogP contribution in [0.15, 0.2) is 71.8 Å². The van der Waals surface area contributed by atoms with Crippen LogP contribution in [0.1, 0.15) is 23.2 Å². The van der Waals surface area contributed by atoms with Crippen molar-refractivity contribution in [1.82, 2.24) is 20.4 Å². The molecule has 37 heavy (non-hydrogen) atoms. The summed E-state index contributed by atoms with van der Waals surface area (Å²) in [6.07, 6.45) is 2.02. The van der Waals surface area contributed by atoms with E-state index in [4.69, 9.17) is 0 Å². The van der Waals surface area contributed by atoms with Gasteiger partial charge < -0.3 is 10.2 Å². The molecule has 11 heteroatoms. The molecule has 9 nitrogen and oxygen atoms in total. The highest BCUT2D eigenvalue weighted by atomic mass is 32.2. The van der Waals surface area contributed by atoms with E-state index in [1.54, 1.807) is 30.3 Å². The van der Waals surface area contributed by atoms with Crippen molar-refractivity contribution in [2.24, 2.45) is 5.92 Å². The van der Waals surface area contributed by atoms with Crippen LogP contribution in [0.4, 0.5) is 15.9 Å². The third-order valence-corrected chi connectivity index (χ3v) is 9.11. The highest BCUT2D eigenvalue weighted by Gasteiger charge is 2.35. The number of likely N-dealkylation sites (tertiary alicyclic amines) is 1. The lowest BCUT2D eigenvalue weighted by Gasteiger charge is -2.32. The van der Waals surface area contributed by atoms with Gasteiger partial charge in [-0.1, -0.05) is 12.1 Å². The van der Waals surface area contributed by atoms with Crippen LogP contribution in [0.25, 0.3) is 0 Å². The summed E-state index contributed by atoms with van der Waals surface area (Å²) in [5, 5.41) is 10.4. The van der Waals surface area contributed by atoms with Crippen molar-refractivity contribution < 1.29 is 22.4 Å². The molecule has 3 heterocycles. The van der Waals surface area contributed by atoms with E-state index in [1.165, 1.54) is 46.3 Å². The van der Waals surface area contributed by atoms with E-state index in [2.05, 4.69) is 15.5 Å². The maximum Gasteiger partial charge on any atom is 0.256 e. The number of hydrogen-bond donors (Lipinski definition) is 1. The first kappa shape index (κ1) is 25.0. The Hall–Kier alpha value is -3.70. The largest absolute Gasteiger partial charge is 0.338 e. The molecular weight excluding hydrogens is 497 g/mol. The lowest BCUT2D eigenvalue weighted by Crippen LogP contribution is -2.51. The van der Waals surface area contributed by atoms with Crippen molar-refractivity contribution in [3.8, 4) is 0 Å². The van der Waals surface area contributed by atoms with Crippen LogP contribution in [0.5, 0.6) is 0 Å². The van der Waals surface area contributed by atoms with Gasteiger partial charge in [0.15, 0.2) is 15.7 Å². The first-order valence-corrected chi connectivity index (χ1v) is 13.6. The fourth-order valence-electron chi connectivity index (χ4n) is 4.58. The van der Waals surface area contributed by atoms with Gasteiger partial charge in [0.05, 0.1) is 27.3 Å². The van der Waals surface area contributed by atoms with Gasteiger partial charge in [-0.05, 0) is 61.4 Å². The Morgan fingerprint density at radius 3 is 2.27 bits per heavy atom. The van der Waals surface area contributed by atoms with Crippen molar-refractivity contribution in [2.75, 3.05) is 31.1 Å². The average molecular weight is 524 g/mol. The fraction of sp³-hybridized carbons (Fsp3) is 0.308. The van der Waals surface area contributed by atoms with Crippen LogP contribution >= 0.6 is 0 Å². The molecule has 0 saturated carbocycles. The molecule has 0 spiro atoms. The molecule has 2 aromatic carbocycles. The van der Waals surface area contributed by atoms with E-state index >= 15 is 0 Å². The first-order chi connectivity index (χ1) is 17.9. The van der Waals surface area contributed by atoms with Crippen molar-refractivity contribution >= 4 is 33.2 Å². The summed E-state index contributed by atoms with van der Waals surface area (Å²) in [6, 6.07) is 15.3. The van der Waals surface area contributed by atoms with Gasteiger partial charge in [-0.2, -0.15) is 5.10 Å². The minimum Gasteiger partial charge on any atom is -0.338 e. The molecule has 0 atom stereocenters. The van der Waals surface area contributed by atoms with Gasteiger partial charge in [0.25, 0.3) is 5.91 Å². The number of carbonyl (C=O) groups is 2. The highest BCUT2D eigenvalue weighted by Crippen LogP contribution is 2.30. The zero-order valence-electron chi connectivity index (χ0n) is 20.0. The van der Waals surface area contributed by atoms with Crippen molar-refractivity contribution in [3.63, 3.8) is 0 Å². The number of aromatic nitrogens is 2. The number of sulfone groups is 1. The zero-order valence-corrected chi connectivity index (χ0v) is 20.8. The Morgan fingerprint density at radius 1 is 0.973 bits per heavy atom. The Bertz CT molecular complexity index is 1390. The van der Waals surface area contributed by atoms with Gasteiger partial charge in [-0.15, -0.1) is 5.10 Å². The van der Waals surface area contributed by atoms with Crippen molar-refractivity contribution in [1.29, 1.82) is 0 Å². The van der Waals surface area contributed by atoms with E-state index in [0.29, 0.717) is 24.6 Å². The summed E-state index contributed by atoms with van der Waals surface area (Å²) in [5.41, 5.74) is 0.487. The molecule has 192 valence electrons. The number of benzene rings is 2.